The van der Waals surface area contributed by atoms with Crippen LogP contribution in [0.25, 0.3) is 0 Å². The fourth-order valence-electron chi connectivity index (χ4n) is 1.01. The molecule has 0 bridgehead atoms. The van der Waals surface area contributed by atoms with Crippen molar-refractivity contribution in [2.75, 3.05) is 19.8 Å². The number of nitrogens with two attached hydrogens (primary N) is 1. The van der Waals surface area contributed by atoms with E-state index in [1.807, 2.05) is 31.2 Å². The molecule has 2 N–H and O–H groups in total. The minimum atomic E-state index is 0.514. The summed E-state index contributed by atoms with van der Waals surface area (Å²) >= 11 is 0. The predicted octanol–water partition coefficient (Wildman–Crippen LogP) is 1.42. The summed E-state index contributed by atoms with van der Waals surface area (Å²) in [6, 6.07) is 7.59. The third-order valence-electron chi connectivity index (χ3n) is 1.52. The van der Waals surface area contributed by atoms with Crippen LogP contribution in [0.4, 0.5) is 0 Å². The molecule has 0 aromatic heterocycles. The molecule has 0 aliphatic heterocycles. The molecule has 1 aromatic carbocycles. The van der Waals surface area contributed by atoms with Crippen LogP contribution in [0.3, 0.4) is 0 Å². The number of ether oxygens (including phenoxy) is 2. The van der Waals surface area contributed by atoms with Gasteiger partial charge in [-0.2, -0.15) is 0 Å². The normalized spacial score (nSPS) is 9.69. The lowest BCUT2D eigenvalue weighted by atomic mass is 10.3. The van der Waals surface area contributed by atoms with Crippen LogP contribution in [0.1, 0.15) is 6.92 Å². The Balaban J connectivity index is 2.66. The van der Waals surface area contributed by atoms with E-state index >= 15 is 0 Å². The lowest BCUT2D eigenvalue weighted by Gasteiger charge is -2.10. The molecule has 0 unspecified atom stereocenters. The molecule has 0 radical (unpaired) electrons. The highest BCUT2D eigenvalue weighted by atomic mass is 16.5. The van der Waals surface area contributed by atoms with Crippen LogP contribution in [0.15, 0.2) is 24.3 Å². The van der Waals surface area contributed by atoms with E-state index in [0.29, 0.717) is 19.8 Å². The molecule has 0 spiro atoms. The second-order valence-electron chi connectivity index (χ2n) is 2.52. The highest BCUT2D eigenvalue weighted by Gasteiger charge is 2.01. The summed E-state index contributed by atoms with van der Waals surface area (Å²) in [6.07, 6.45) is 0. The van der Waals surface area contributed by atoms with E-state index in [2.05, 4.69) is 0 Å². The Labute approximate surface area is 78.5 Å². The molecule has 0 heterocycles. The molecule has 0 saturated carbocycles. The smallest absolute Gasteiger partial charge is 0.161 e. The fourth-order valence-corrected chi connectivity index (χ4v) is 1.01. The van der Waals surface area contributed by atoms with Crippen LogP contribution in [0, 0.1) is 0 Å². The molecule has 0 aliphatic rings. The maximum Gasteiger partial charge on any atom is 0.161 e. The minimum Gasteiger partial charge on any atom is -0.490 e. The lowest BCUT2D eigenvalue weighted by molar-refractivity contribution is 0.282. The second kappa shape index (κ2) is 5.43. The molecule has 0 amide bonds. The van der Waals surface area contributed by atoms with Gasteiger partial charge in [0.15, 0.2) is 11.5 Å². The maximum absolute atomic E-state index is 5.39. The summed E-state index contributed by atoms with van der Waals surface area (Å²) in [5.74, 6) is 1.54. The molecular weight excluding hydrogens is 166 g/mol. The Kier molecular flexibility index (Phi) is 4.12. The molecule has 1 aromatic rings. The van der Waals surface area contributed by atoms with Gasteiger partial charge in [-0.15, -0.1) is 0 Å². The summed E-state index contributed by atoms with van der Waals surface area (Å²) in [7, 11) is 0. The third-order valence-corrected chi connectivity index (χ3v) is 1.52. The zero-order chi connectivity index (χ0) is 9.52. The molecular formula is C10H15NO2. The van der Waals surface area contributed by atoms with E-state index in [1.54, 1.807) is 0 Å². The van der Waals surface area contributed by atoms with Gasteiger partial charge in [-0.1, -0.05) is 12.1 Å². The summed E-state index contributed by atoms with van der Waals surface area (Å²) < 4.78 is 10.8. The molecule has 0 saturated heterocycles. The highest BCUT2D eigenvalue weighted by molar-refractivity contribution is 5.39. The Morgan fingerprint density at radius 1 is 1.15 bits per heavy atom. The zero-order valence-electron chi connectivity index (χ0n) is 7.82. The van der Waals surface area contributed by atoms with E-state index < -0.39 is 0 Å². The third kappa shape index (κ3) is 2.95. The molecule has 3 nitrogen and oxygen atoms in total. The number of hydrogen-bond acceptors (Lipinski definition) is 3. The van der Waals surface area contributed by atoms with Gasteiger partial charge in [-0.25, -0.2) is 0 Å². The van der Waals surface area contributed by atoms with Crippen molar-refractivity contribution in [3.05, 3.63) is 24.3 Å². The standard InChI is InChI=1S/C10H15NO2/c1-2-12-9-5-3-4-6-10(9)13-8-7-11/h3-6H,2,7-8,11H2,1H3. The average Bonchev–Trinajstić information content (AvgIpc) is 2.17. The molecule has 0 atom stereocenters. The quantitative estimate of drug-likeness (QED) is 0.747. The van der Waals surface area contributed by atoms with Crippen molar-refractivity contribution in [2.24, 2.45) is 5.73 Å². The molecule has 0 aliphatic carbocycles. The van der Waals surface area contributed by atoms with Gasteiger partial charge in [0.1, 0.15) is 6.61 Å². The molecule has 13 heavy (non-hydrogen) atoms. The van der Waals surface area contributed by atoms with Gasteiger partial charge in [0.25, 0.3) is 0 Å². The summed E-state index contributed by atoms with van der Waals surface area (Å²) in [5.41, 5.74) is 5.33. The fraction of sp³-hybridized carbons (Fsp3) is 0.400. The first-order chi connectivity index (χ1) is 6.38. The number of para-hydroxylation sites is 2. The van der Waals surface area contributed by atoms with Crippen molar-refractivity contribution in [3.8, 4) is 11.5 Å². The number of hydrogen-bond donors (Lipinski definition) is 1. The Bertz CT molecular complexity index is 250. The van der Waals surface area contributed by atoms with Crippen LogP contribution in [0.5, 0.6) is 11.5 Å². The van der Waals surface area contributed by atoms with Gasteiger partial charge in [0, 0.05) is 6.54 Å². The van der Waals surface area contributed by atoms with Crippen LogP contribution >= 0.6 is 0 Å². The van der Waals surface area contributed by atoms with Crippen LogP contribution in [-0.2, 0) is 0 Å². The van der Waals surface area contributed by atoms with E-state index in [4.69, 9.17) is 15.2 Å². The van der Waals surface area contributed by atoms with Crippen LogP contribution in [0.2, 0.25) is 0 Å². The van der Waals surface area contributed by atoms with Gasteiger partial charge >= 0.3 is 0 Å². The largest absolute Gasteiger partial charge is 0.490 e. The Morgan fingerprint density at radius 3 is 2.31 bits per heavy atom. The summed E-state index contributed by atoms with van der Waals surface area (Å²) in [4.78, 5) is 0. The van der Waals surface area contributed by atoms with Crippen molar-refractivity contribution in [1.82, 2.24) is 0 Å². The van der Waals surface area contributed by atoms with Gasteiger partial charge in [-0.05, 0) is 19.1 Å². The first-order valence-corrected chi connectivity index (χ1v) is 4.43. The van der Waals surface area contributed by atoms with E-state index in [0.717, 1.165) is 11.5 Å². The van der Waals surface area contributed by atoms with Crippen molar-refractivity contribution in [3.63, 3.8) is 0 Å². The van der Waals surface area contributed by atoms with Crippen molar-refractivity contribution >= 4 is 0 Å². The minimum absolute atomic E-state index is 0.514. The van der Waals surface area contributed by atoms with Crippen molar-refractivity contribution in [2.45, 2.75) is 6.92 Å². The summed E-state index contributed by atoms with van der Waals surface area (Å²) in [6.45, 7) is 3.62. The zero-order valence-corrected chi connectivity index (χ0v) is 7.82. The Morgan fingerprint density at radius 2 is 1.77 bits per heavy atom. The molecule has 3 heteroatoms. The van der Waals surface area contributed by atoms with Crippen molar-refractivity contribution < 1.29 is 9.47 Å². The number of rotatable bonds is 5. The molecule has 0 fully saturated rings. The molecule has 72 valence electrons. The van der Waals surface area contributed by atoms with E-state index in [1.165, 1.54) is 0 Å². The van der Waals surface area contributed by atoms with Crippen LogP contribution < -0.4 is 15.2 Å². The van der Waals surface area contributed by atoms with Gasteiger partial charge in [0.05, 0.1) is 6.61 Å². The first-order valence-electron chi connectivity index (χ1n) is 4.43. The SMILES string of the molecule is CCOc1ccccc1OCCN. The maximum atomic E-state index is 5.39. The van der Waals surface area contributed by atoms with Crippen molar-refractivity contribution in [1.29, 1.82) is 0 Å². The van der Waals surface area contributed by atoms with Crippen LogP contribution in [-0.4, -0.2) is 19.8 Å². The first kappa shape index (κ1) is 9.86. The monoisotopic (exact) mass is 181 g/mol. The lowest BCUT2D eigenvalue weighted by Crippen LogP contribution is -2.11. The predicted molar refractivity (Wildman–Crippen MR) is 52.2 cm³/mol. The van der Waals surface area contributed by atoms with E-state index in [9.17, 15) is 0 Å². The average molecular weight is 181 g/mol. The van der Waals surface area contributed by atoms with E-state index in [-0.39, 0.29) is 0 Å². The molecule has 1 rings (SSSR count). The van der Waals surface area contributed by atoms with Gasteiger partial charge in [-0.3, -0.25) is 0 Å². The topological polar surface area (TPSA) is 44.5 Å². The van der Waals surface area contributed by atoms with Gasteiger partial charge in [0.2, 0.25) is 0 Å². The second-order valence-corrected chi connectivity index (χ2v) is 2.52. The highest BCUT2D eigenvalue weighted by Crippen LogP contribution is 2.25. The number of benzene rings is 1. The van der Waals surface area contributed by atoms with Gasteiger partial charge < -0.3 is 15.2 Å². The Hall–Kier alpha value is -1.22. The summed E-state index contributed by atoms with van der Waals surface area (Å²) in [5, 5.41) is 0.